The second kappa shape index (κ2) is 8.52. The van der Waals surface area contributed by atoms with E-state index < -0.39 is 0 Å². The van der Waals surface area contributed by atoms with Crippen molar-refractivity contribution in [2.45, 2.75) is 32.1 Å². The van der Waals surface area contributed by atoms with Crippen molar-refractivity contribution in [2.24, 2.45) is 11.8 Å². The number of likely N-dealkylation sites (tertiary alicyclic amines) is 1. The number of fused-ring (bicyclic) bond motifs is 1. The smallest absolute Gasteiger partial charge is 0.119 e. The lowest BCUT2D eigenvalue weighted by molar-refractivity contribution is 0.228. The van der Waals surface area contributed by atoms with Crippen LogP contribution >= 0.6 is 0 Å². The maximum absolute atomic E-state index is 12.7. The van der Waals surface area contributed by atoms with Crippen LogP contribution in [0, 0.1) is 11.8 Å². The molecule has 2 aromatic rings. The minimum absolute atomic E-state index is 0.207. The van der Waals surface area contributed by atoms with Crippen molar-refractivity contribution >= 4 is 0 Å². The summed E-state index contributed by atoms with van der Waals surface area (Å²) in [4.78, 5) is 2.29. The zero-order chi connectivity index (χ0) is 19.5. The molecule has 1 saturated heterocycles. The first-order valence-electron chi connectivity index (χ1n) is 10.5. The van der Waals surface area contributed by atoms with Gasteiger partial charge in [-0.25, -0.2) is 0 Å². The Bertz CT molecular complexity index is 792. The zero-order valence-corrected chi connectivity index (χ0v) is 16.6. The average molecular weight is 384 g/mol. The van der Waals surface area contributed by atoms with Crippen molar-refractivity contribution in [3.8, 4) is 11.5 Å². The molecule has 2 aromatic carbocycles. The lowest BCUT2D eigenvalue weighted by Crippen LogP contribution is -2.26. The van der Waals surface area contributed by atoms with E-state index in [9.17, 15) is 9.50 Å². The van der Waals surface area contributed by atoms with E-state index in [1.165, 1.54) is 16.7 Å². The van der Waals surface area contributed by atoms with Crippen LogP contribution in [0.15, 0.2) is 42.5 Å². The summed E-state index contributed by atoms with van der Waals surface area (Å²) in [5, 5.41) is 9.80. The topological polar surface area (TPSA) is 32.7 Å². The van der Waals surface area contributed by atoms with Gasteiger partial charge >= 0.3 is 0 Å². The van der Waals surface area contributed by atoms with Gasteiger partial charge in [0.1, 0.15) is 18.1 Å². The van der Waals surface area contributed by atoms with E-state index in [0.717, 1.165) is 44.6 Å². The number of rotatable bonds is 6. The number of hydrogen-bond donors (Lipinski definition) is 1. The zero-order valence-electron chi connectivity index (χ0n) is 16.6. The van der Waals surface area contributed by atoms with Gasteiger partial charge in [0, 0.05) is 24.9 Å². The third-order valence-electron chi connectivity index (χ3n) is 6.40. The lowest BCUT2D eigenvalue weighted by atomic mass is 9.72. The molecule has 0 spiro atoms. The number of halogens is 1. The highest BCUT2D eigenvalue weighted by atomic mass is 19.1. The maximum atomic E-state index is 12.7. The lowest BCUT2D eigenvalue weighted by Gasteiger charge is -2.32. The Morgan fingerprint density at radius 3 is 2.71 bits per heavy atom. The third kappa shape index (κ3) is 4.17. The van der Waals surface area contributed by atoms with E-state index in [-0.39, 0.29) is 12.6 Å². The average Bonchev–Trinajstić information content (AvgIpc) is 3.17. The second-order valence-electron chi connectivity index (χ2n) is 8.40. The molecule has 1 N–H and O–H groups in total. The van der Waals surface area contributed by atoms with Gasteiger partial charge in [-0.3, -0.25) is 9.29 Å². The number of phenolic OH excluding ortho intramolecular Hbond substituents is 1. The molecule has 1 aliphatic carbocycles. The van der Waals surface area contributed by atoms with Crippen molar-refractivity contribution < 1.29 is 14.2 Å². The molecule has 3 nitrogen and oxygen atoms in total. The van der Waals surface area contributed by atoms with Crippen molar-refractivity contribution in [1.82, 2.24) is 4.90 Å². The van der Waals surface area contributed by atoms with Gasteiger partial charge in [0.25, 0.3) is 0 Å². The SMILES string of the molecule is C[C@@H]1CCc2cc(O)ccc2[C@@H]1c1ccc(OCCN2CCC(CF)C2)cc1. The van der Waals surface area contributed by atoms with Gasteiger partial charge in [-0.05, 0) is 72.7 Å². The molecular weight excluding hydrogens is 353 g/mol. The fourth-order valence-electron chi connectivity index (χ4n) is 4.78. The first-order chi connectivity index (χ1) is 13.6. The molecule has 28 heavy (non-hydrogen) atoms. The molecular formula is C24H30FNO2. The Kier molecular flexibility index (Phi) is 5.86. The summed E-state index contributed by atoms with van der Waals surface area (Å²) < 4.78 is 18.6. The number of benzene rings is 2. The van der Waals surface area contributed by atoms with Crippen molar-refractivity contribution in [3.05, 3.63) is 59.2 Å². The molecule has 0 bridgehead atoms. The van der Waals surface area contributed by atoms with E-state index in [1.807, 2.05) is 6.07 Å². The third-order valence-corrected chi connectivity index (χ3v) is 6.40. The summed E-state index contributed by atoms with van der Waals surface area (Å²) in [5.41, 5.74) is 3.90. The molecule has 2 aliphatic rings. The first-order valence-corrected chi connectivity index (χ1v) is 10.5. The molecule has 4 heteroatoms. The Hall–Kier alpha value is -2.07. The molecule has 1 heterocycles. The van der Waals surface area contributed by atoms with Gasteiger partial charge in [-0.15, -0.1) is 0 Å². The van der Waals surface area contributed by atoms with Crippen LogP contribution in [0.2, 0.25) is 0 Å². The summed E-state index contributed by atoms with van der Waals surface area (Å²) in [5.74, 6) is 2.38. The van der Waals surface area contributed by atoms with Crippen molar-refractivity contribution in [1.29, 1.82) is 0 Å². The highest BCUT2D eigenvalue weighted by molar-refractivity contribution is 5.45. The van der Waals surface area contributed by atoms with E-state index in [4.69, 9.17) is 4.74 Å². The molecule has 1 unspecified atom stereocenters. The van der Waals surface area contributed by atoms with Gasteiger partial charge in [0.15, 0.2) is 0 Å². The van der Waals surface area contributed by atoms with Gasteiger partial charge in [0.2, 0.25) is 0 Å². The summed E-state index contributed by atoms with van der Waals surface area (Å²) in [7, 11) is 0. The van der Waals surface area contributed by atoms with Crippen LogP contribution in [0.4, 0.5) is 4.39 Å². The van der Waals surface area contributed by atoms with Crippen molar-refractivity contribution in [2.75, 3.05) is 32.9 Å². The van der Waals surface area contributed by atoms with Crippen LogP contribution in [0.5, 0.6) is 11.5 Å². The largest absolute Gasteiger partial charge is 0.508 e. The standard InChI is InChI=1S/C24H30FNO2/c1-17-2-3-20-14-21(27)6-9-23(20)24(17)19-4-7-22(8-5-19)28-13-12-26-11-10-18(15-25)16-26/h4-9,14,17-18,24,27H,2-3,10-13,15-16H2,1H3/t17-,18?,24+/m1/s1. The van der Waals surface area contributed by atoms with Crippen LogP contribution in [-0.2, 0) is 6.42 Å². The fraction of sp³-hybridized carbons (Fsp3) is 0.500. The number of hydrogen-bond acceptors (Lipinski definition) is 3. The summed E-state index contributed by atoms with van der Waals surface area (Å²) in [6.07, 6.45) is 3.13. The molecule has 0 aromatic heterocycles. The monoisotopic (exact) mass is 383 g/mol. The number of aryl methyl sites for hydroxylation is 1. The highest BCUT2D eigenvalue weighted by Crippen LogP contribution is 2.41. The normalized spacial score (nSPS) is 24.9. The highest BCUT2D eigenvalue weighted by Gasteiger charge is 2.28. The molecule has 150 valence electrons. The maximum Gasteiger partial charge on any atom is 0.119 e. The summed E-state index contributed by atoms with van der Waals surface area (Å²) in [6.45, 7) is 5.43. The molecule has 0 amide bonds. The molecule has 1 aliphatic heterocycles. The number of phenols is 1. The van der Waals surface area contributed by atoms with Gasteiger partial charge in [-0.2, -0.15) is 0 Å². The van der Waals surface area contributed by atoms with Gasteiger partial charge in [-0.1, -0.05) is 25.1 Å². The van der Waals surface area contributed by atoms with E-state index in [1.54, 1.807) is 6.07 Å². The van der Waals surface area contributed by atoms with Gasteiger partial charge in [0.05, 0.1) is 6.67 Å². The van der Waals surface area contributed by atoms with E-state index in [2.05, 4.69) is 42.2 Å². The van der Waals surface area contributed by atoms with E-state index >= 15 is 0 Å². The summed E-state index contributed by atoms with van der Waals surface area (Å²) in [6, 6.07) is 14.3. The quantitative estimate of drug-likeness (QED) is 0.779. The number of alkyl halides is 1. The molecule has 0 radical (unpaired) electrons. The number of aromatic hydroxyl groups is 1. The number of ether oxygens (including phenoxy) is 1. The van der Waals surface area contributed by atoms with Crippen LogP contribution in [0.25, 0.3) is 0 Å². The molecule has 0 saturated carbocycles. The van der Waals surface area contributed by atoms with E-state index in [0.29, 0.717) is 24.2 Å². The predicted molar refractivity (Wildman–Crippen MR) is 110 cm³/mol. The number of nitrogens with zero attached hydrogens (tertiary/aromatic N) is 1. The Balaban J connectivity index is 1.38. The second-order valence-corrected chi connectivity index (χ2v) is 8.40. The van der Waals surface area contributed by atoms with Crippen LogP contribution in [-0.4, -0.2) is 42.9 Å². The molecule has 4 rings (SSSR count). The fourth-order valence-corrected chi connectivity index (χ4v) is 4.78. The van der Waals surface area contributed by atoms with Gasteiger partial charge < -0.3 is 9.84 Å². The molecule has 1 fully saturated rings. The Morgan fingerprint density at radius 2 is 1.96 bits per heavy atom. The first kappa shape index (κ1) is 19.3. The van der Waals surface area contributed by atoms with Crippen molar-refractivity contribution in [3.63, 3.8) is 0 Å². The van der Waals surface area contributed by atoms with Crippen LogP contribution in [0.1, 0.15) is 42.4 Å². The van der Waals surface area contributed by atoms with Crippen LogP contribution in [0.3, 0.4) is 0 Å². The van der Waals surface area contributed by atoms with Crippen LogP contribution < -0.4 is 4.74 Å². The predicted octanol–water partition coefficient (Wildman–Crippen LogP) is 4.78. The minimum atomic E-state index is -0.207. The summed E-state index contributed by atoms with van der Waals surface area (Å²) >= 11 is 0. The molecule has 3 atom stereocenters. The minimum Gasteiger partial charge on any atom is -0.508 e. The Morgan fingerprint density at radius 1 is 1.14 bits per heavy atom. The Labute approximate surface area is 167 Å².